The van der Waals surface area contributed by atoms with E-state index in [1.54, 1.807) is 0 Å². The van der Waals surface area contributed by atoms with Gasteiger partial charge in [0.2, 0.25) is 0 Å². The number of likely N-dealkylation sites (tertiary alicyclic amines) is 1. The van der Waals surface area contributed by atoms with E-state index in [0.29, 0.717) is 18.6 Å². The van der Waals surface area contributed by atoms with E-state index in [1.807, 2.05) is 35.2 Å². The van der Waals surface area contributed by atoms with Crippen LogP contribution in [0.4, 0.5) is 4.79 Å². The summed E-state index contributed by atoms with van der Waals surface area (Å²) >= 11 is 0. The van der Waals surface area contributed by atoms with Gasteiger partial charge in [-0.2, -0.15) is 0 Å². The lowest BCUT2D eigenvalue weighted by Gasteiger charge is -2.34. The van der Waals surface area contributed by atoms with Gasteiger partial charge in [-0.1, -0.05) is 30.3 Å². The third-order valence-corrected chi connectivity index (χ3v) is 4.12. The Hall–Kier alpha value is -1.55. The maximum Gasteiger partial charge on any atom is 0.410 e. The predicted molar refractivity (Wildman–Crippen MR) is 72.7 cm³/mol. The molecular weight excluding hydrogens is 240 g/mol. The molecule has 4 nitrogen and oxygen atoms in total. The molecule has 2 atom stereocenters. The molecule has 0 aromatic heterocycles. The first-order valence-electron chi connectivity index (χ1n) is 7.02. The number of nitrogens with one attached hydrogen (secondary N) is 1. The van der Waals surface area contributed by atoms with Gasteiger partial charge in [0.15, 0.2) is 0 Å². The molecule has 3 rings (SSSR count). The highest BCUT2D eigenvalue weighted by atomic mass is 16.6. The molecule has 0 bridgehead atoms. The normalized spacial score (nSPS) is 26.0. The molecule has 2 aliphatic heterocycles. The summed E-state index contributed by atoms with van der Waals surface area (Å²) in [5.74, 6) is 0.609. The van der Waals surface area contributed by atoms with E-state index in [4.69, 9.17) is 4.74 Å². The number of hydrogen-bond donors (Lipinski definition) is 1. The minimum absolute atomic E-state index is 0.172. The number of hydrogen-bond acceptors (Lipinski definition) is 3. The summed E-state index contributed by atoms with van der Waals surface area (Å²) in [5, 5.41) is 3.50. The van der Waals surface area contributed by atoms with Crippen LogP contribution in [0.2, 0.25) is 0 Å². The van der Waals surface area contributed by atoms with Gasteiger partial charge in [-0.05, 0) is 30.9 Å². The first kappa shape index (κ1) is 12.5. The van der Waals surface area contributed by atoms with Crippen molar-refractivity contribution in [3.8, 4) is 0 Å². The minimum Gasteiger partial charge on any atom is -0.445 e. The van der Waals surface area contributed by atoms with Crippen molar-refractivity contribution in [3.63, 3.8) is 0 Å². The number of carbonyl (C=O) groups excluding carboxylic acids is 1. The molecule has 19 heavy (non-hydrogen) atoms. The molecular formula is C15H20N2O2. The molecule has 0 unspecified atom stereocenters. The fraction of sp³-hybridized carbons (Fsp3) is 0.533. The second-order valence-electron chi connectivity index (χ2n) is 5.38. The Balaban J connectivity index is 1.50. The fourth-order valence-corrected chi connectivity index (χ4v) is 3.02. The number of rotatable bonds is 2. The van der Waals surface area contributed by atoms with Crippen LogP contribution < -0.4 is 5.32 Å². The van der Waals surface area contributed by atoms with Crippen LogP contribution in [0.3, 0.4) is 0 Å². The standard InChI is InChI=1S/C15H20N2O2/c18-15(19-11-12-4-2-1-3-5-12)17-9-7-14-13(10-17)6-8-16-14/h1-5,13-14,16H,6-11H2/t13-,14+/m1/s1. The second-order valence-corrected chi connectivity index (χ2v) is 5.38. The lowest BCUT2D eigenvalue weighted by molar-refractivity contribution is 0.0768. The smallest absolute Gasteiger partial charge is 0.410 e. The van der Waals surface area contributed by atoms with Crippen molar-refractivity contribution in [2.45, 2.75) is 25.5 Å². The molecule has 0 aliphatic carbocycles. The Labute approximate surface area is 113 Å². The van der Waals surface area contributed by atoms with Crippen LogP contribution in [0.25, 0.3) is 0 Å². The SMILES string of the molecule is O=C(OCc1ccccc1)N1CC[C@@H]2NCC[C@@H]2C1. The Morgan fingerprint density at radius 3 is 3.00 bits per heavy atom. The maximum atomic E-state index is 12.0. The highest BCUT2D eigenvalue weighted by Gasteiger charge is 2.34. The van der Waals surface area contributed by atoms with Crippen LogP contribution in [-0.2, 0) is 11.3 Å². The topological polar surface area (TPSA) is 41.6 Å². The van der Waals surface area contributed by atoms with Crippen LogP contribution in [0.5, 0.6) is 0 Å². The van der Waals surface area contributed by atoms with Gasteiger partial charge >= 0.3 is 6.09 Å². The van der Waals surface area contributed by atoms with Crippen molar-refractivity contribution in [2.24, 2.45) is 5.92 Å². The van der Waals surface area contributed by atoms with Gasteiger partial charge in [0.05, 0.1) is 0 Å². The van der Waals surface area contributed by atoms with Crippen LogP contribution in [0, 0.1) is 5.92 Å². The average Bonchev–Trinajstić information content (AvgIpc) is 2.93. The highest BCUT2D eigenvalue weighted by molar-refractivity contribution is 5.67. The van der Waals surface area contributed by atoms with Gasteiger partial charge in [-0.3, -0.25) is 0 Å². The molecule has 1 aromatic rings. The van der Waals surface area contributed by atoms with E-state index in [2.05, 4.69) is 5.32 Å². The van der Waals surface area contributed by atoms with E-state index in [-0.39, 0.29) is 6.09 Å². The van der Waals surface area contributed by atoms with Gasteiger partial charge < -0.3 is 15.0 Å². The molecule has 0 saturated carbocycles. The third kappa shape index (κ3) is 2.89. The second kappa shape index (κ2) is 5.61. The van der Waals surface area contributed by atoms with E-state index in [1.165, 1.54) is 6.42 Å². The van der Waals surface area contributed by atoms with Crippen molar-refractivity contribution in [3.05, 3.63) is 35.9 Å². The van der Waals surface area contributed by atoms with Gasteiger partial charge in [0.25, 0.3) is 0 Å². The number of amides is 1. The Morgan fingerprint density at radius 2 is 2.16 bits per heavy atom. The van der Waals surface area contributed by atoms with E-state index < -0.39 is 0 Å². The Bertz CT molecular complexity index is 435. The minimum atomic E-state index is -0.172. The summed E-state index contributed by atoms with van der Waals surface area (Å²) < 4.78 is 5.38. The van der Waals surface area contributed by atoms with Crippen LogP contribution in [0.15, 0.2) is 30.3 Å². The lowest BCUT2D eigenvalue weighted by Crippen LogP contribution is -2.47. The maximum absolute atomic E-state index is 12.0. The number of ether oxygens (including phenoxy) is 1. The predicted octanol–water partition coefficient (Wildman–Crippen LogP) is 2.01. The monoisotopic (exact) mass is 260 g/mol. The number of piperidine rings is 1. The quantitative estimate of drug-likeness (QED) is 0.884. The molecule has 1 N–H and O–H groups in total. The van der Waals surface area contributed by atoms with Crippen LogP contribution >= 0.6 is 0 Å². The van der Waals surface area contributed by atoms with Crippen molar-refractivity contribution in [1.82, 2.24) is 10.2 Å². The molecule has 4 heteroatoms. The largest absolute Gasteiger partial charge is 0.445 e. The van der Waals surface area contributed by atoms with Crippen LogP contribution in [0.1, 0.15) is 18.4 Å². The first-order valence-corrected chi connectivity index (χ1v) is 7.02. The summed E-state index contributed by atoms with van der Waals surface area (Å²) in [7, 11) is 0. The zero-order chi connectivity index (χ0) is 13.1. The molecule has 0 spiro atoms. The van der Waals surface area contributed by atoms with Crippen molar-refractivity contribution in [1.29, 1.82) is 0 Å². The molecule has 2 saturated heterocycles. The average molecular weight is 260 g/mol. The fourth-order valence-electron chi connectivity index (χ4n) is 3.02. The highest BCUT2D eigenvalue weighted by Crippen LogP contribution is 2.24. The molecule has 2 heterocycles. The van der Waals surface area contributed by atoms with Crippen LogP contribution in [-0.4, -0.2) is 36.7 Å². The molecule has 2 aliphatic rings. The third-order valence-electron chi connectivity index (χ3n) is 4.12. The first-order chi connectivity index (χ1) is 9.33. The van der Waals surface area contributed by atoms with Crippen molar-refractivity contribution < 1.29 is 9.53 Å². The van der Waals surface area contributed by atoms with Crippen molar-refractivity contribution >= 4 is 6.09 Å². The van der Waals surface area contributed by atoms with Crippen molar-refractivity contribution in [2.75, 3.05) is 19.6 Å². The van der Waals surface area contributed by atoms with Gasteiger partial charge in [0, 0.05) is 19.1 Å². The molecule has 1 amide bonds. The van der Waals surface area contributed by atoms with E-state index >= 15 is 0 Å². The summed E-state index contributed by atoms with van der Waals surface area (Å²) in [5.41, 5.74) is 1.04. The zero-order valence-electron chi connectivity index (χ0n) is 11.0. The summed E-state index contributed by atoms with van der Waals surface area (Å²) in [6.45, 7) is 3.10. The zero-order valence-corrected chi connectivity index (χ0v) is 11.0. The van der Waals surface area contributed by atoms with E-state index in [9.17, 15) is 4.79 Å². The number of fused-ring (bicyclic) bond motifs is 1. The van der Waals surface area contributed by atoms with Gasteiger partial charge in [0.1, 0.15) is 6.61 Å². The molecule has 2 fully saturated rings. The summed E-state index contributed by atoms with van der Waals surface area (Å²) in [4.78, 5) is 13.9. The lowest BCUT2D eigenvalue weighted by atomic mass is 9.94. The van der Waals surface area contributed by atoms with Gasteiger partial charge in [-0.15, -0.1) is 0 Å². The number of nitrogens with zero attached hydrogens (tertiary/aromatic N) is 1. The van der Waals surface area contributed by atoms with E-state index in [0.717, 1.165) is 31.6 Å². The molecule has 102 valence electrons. The molecule has 0 radical (unpaired) electrons. The number of carbonyl (C=O) groups is 1. The Morgan fingerprint density at radius 1 is 1.32 bits per heavy atom. The summed E-state index contributed by atoms with van der Waals surface area (Å²) in [6, 6.07) is 10.4. The summed E-state index contributed by atoms with van der Waals surface area (Å²) in [6.07, 6.45) is 2.05. The molecule has 1 aromatic carbocycles. The Kier molecular flexibility index (Phi) is 3.69. The van der Waals surface area contributed by atoms with Gasteiger partial charge in [-0.25, -0.2) is 4.79 Å². The number of benzene rings is 1.